The van der Waals surface area contributed by atoms with Crippen LogP contribution in [0.3, 0.4) is 0 Å². The van der Waals surface area contributed by atoms with Gasteiger partial charge in [-0.15, -0.1) is 0 Å². The van der Waals surface area contributed by atoms with Gasteiger partial charge < -0.3 is 10.0 Å². The highest BCUT2D eigenvalue weighted by atomic mass is 19.4. The predicted molar refractivity (Wildman–Crippen MR) is 68.7 cm³/mol. The zero-order valence-electron chi connectivity index (χ0n) is 11.1. The van der Waals surface area contributed by atoms with Gasteiger partial charge >= 0.3 is 12.1 Å². The van der Waals surface area contributed by atoms with Crippen LogP contribution in [-0.2, 0) is 11.0 Å². The van der Waals surface area contributed by atoms with Gasteiger partial charge in [0.25, 0.3) is 0 Å². The van der Waals surface area contributed by atoms with Crippen molar-refractivity contribution in [2.24, 2.45) is 0 Å². The van der Waals surface area contributed by atoms with E-state index in [9.17, 15) is 23.1 Å². The third kappa shape index (κ3) is 2.34. The first-order valence-corrected chi connectivity index (χ1v) is 6.49. The second-order valence-electron chi connectivity index (χ2n) is 4.99. The van der Waals surface area contributed by atoms with Crippen LogP contribution in [0.5, 0.6) is 0 Å². The molecule has 3 nitrogen and oxygen atoms in total. The number of halogens is 3. The molecule has 0 aromatic heterocycles. The lowest BCUT2D eigenvalue weighted by atomic mass is 9.92. The van der Waals surface area contributed by atoms with Crippen LogP contribution in [0.2, 0.25) is 0 Å². The van der Waals surface area contributed by atoms with E-state index in [1.54, 1.807) is 11.8 Å². The number of benzene rings is 1. The number of hydrogen-bond acceptors (Lipinski definition) is 2. The maximum absolute atomic E-state index is 12.5. The van der Waals surface area contributed by atoms with Gasteiger partial charge in [0.15, 0.2) is 0 Å². The van der Waals surface area contributed by atoms with Crippen LogP contribution < -0.4 is 4.90 Å². The second-order valence-corrected chi connectivity index (χ2v) is 4.99. The first kappa shape index (κ1) is 14.7. The maximum atomic E-state index is 12.5. The molecule has 110 valence electrons. The van der Waals surface area contributed by atoms with Gasteiger partial charge in [0.05, 0.1) is 5.56 Å². The highest BCUT2D eigenvalue weighted by molar-refractivity contribution is 5.84. The van der Waals surface area contributed by atoms with Crippen molar-refractivity contribution in [3.63, 3.8) is 0 Å². The van der Waals surface area contributed by atoms with Gasteiger partial charge in [0, 0.05) is 12.2 Å². The lowest BCUT2D eigenvalue weighted by molar-refractivity contribution is -0.143. The molecule has 20 heavy (non-hydrogen) atoms. The molecule has 6 heteroatoms. The largest absolute Gasteiger partial charge is 0.479 e. The standard InChI is InChI=1S/C14H16F3NO2/c1-2-13(12(19)20)8-3-9-18(13)11-6-4-10(5-7-11)14(15,16)17/h4-7H,2-3,8-9H2,1H3,(H,19,20). The number of anilines is 1. The minimum absolute atomic E-state index is 0.420. The normalized spacial score (nSPS) is 23.1. The molecule has 1 heterocycles. The molecule has 0 amide bonds. The molecule has 1 fully saturated rings. The molecule has 0 saturated carbocycles. The van der Waals surface area contributed by atoms with Crippen LogP contribution in [0.4, 0.5) is 18.9 Å². The minimum atomic E-state index is -4.38. The Bertz CT molecular complexity index is 498. The fraction of sp³-hybridized carbons (Fsp3) is 0.500. The zero-order chi connectivity index (χ0) is 15.0. The number of alkyl halides is 3. The molecule has 1 aromatic rings. The molecule has 0 radical (unpaired) electrons. The van der Waals surface area contributed by atoms with Crippen LogP contribution in [0.15, 0.2) is 24.3 Å². The number of hydrogen-bond donors (Lipinski definition) is 1. The molecule has 1 atom stereocenters. The van der Waals surface area contributed by atoms with E-state index in [0.717, 1.165) is 18.6 Å². The summed E-state index contributed by atoms with van der Waals surface area (Å²) in [7, 11) is 0. The van der Waals surface area contributed by atoms with Crippen LogP contribution in [0, 0.1) is 0 Å². The fourth-order valence-corrected chi connectivity index (χ4v) is 2.83. The SMILES string of the molecule is CCC1(C(=O)O)CCCN1c1ccc(C(F)(F)F)cc1. The Balaban J connectivity index is 2.34. The van der Waals surface area contributed by atoms with Gasteiger partial charge in [0.2, 0.25) is 0 Å². The Morgan fingerprint density at radius 1 is 1.35 bits per heavy atom. The molecular weight excluding hydrogens is 271 g/mol. The number of rotatable bonds is 3. The summed E-state index contributed by atoms with van der Waals surface area (Å²) in [6.45, 7) is 2.34. The summed E-state index contributed by atoms with van der Waals surface area (Å²) in [5, 5.41) is 9.46. The Morgan fingerprint density at radius 2 is 1.95 bits per heavy atom. The lowest BCUT2D eigenvalue weighted by Crippen LogP contribution is -2.50. The van der Waals surface area contributed by atoms with Gasteiger partial charge in [-0.2, -0.15) is 13.2 Å². The van der Waals surface area contributed by atoms with Gasteiger partial charge in [-0.1, -0.05) is 6.92 Å². The Labute approximate surface area is 115 Å². The minimum Gasteiger partial charge on any atom is -0.479 e. The quantitative estimate of drug-likeness (QED) is 0.924. The van der Waals surface area contributed by atoms with Crippen molar-refractivity contribution in [2.75, 3.05) is 11.4 Å². The average Bonchev–Trinajstić information content (AvgIpc) is 2.83. The smallest absolute Gasteiger partial charge is 0.416 e. The Kier molecular flexibility index (Phi) is 3.67. The summed E-state index contributed by atoms with van der Waals surface area (Å²) in [5.41, 5.74) is -1.20. The summed E-state index contributed by atoms with van der Waals surface area (Å²) >= 11 is 0. The van der Waals surface area contributed by atoms with E-state index in [1.807, 2.05) is 0 Å². The summed E-state index contributed by atoms with van der Waals surface area (Å²) < 4.78 is 37.6. The summed E-state index contributed by atoms with van der Waals surface area (Å²) in [4.78, 5) is 13.2. The van der Waals surface area contributed by atoms with E-state index in [-0.39, 0.29) is 0 Å². The third-order valence-corrected chi connectivity index (χ3v) is 3.98. The zero-order valence-corrected chi connectivity index (χ0v) is 11.1. The summed E-state index contributed by atoms with van der Waals surface area (Å²) in [5.74, 6) is -0.919. The number of carbonyl (C=O) groups is 1. The molecular formula is C14H16F3NO2. The van der Waals surface area contributed by atoms with Gasteiger partial charge in [0.1, 0.15) is 5.54 Å². The topological polar surface area (TPSA) is 40.5 Å². The molecule has 1 unspecified atom stereocenters. The second kappa shape index (κ2) is 5.00. The summed E-state index contributed by atoms with van der Waals surface area (Å²) in [6, 6.07) is 4.69. The molecule has 1 N–H and O–H groups in total. The van der Waals surface area contributed by atoms with E-state index in [0.29, 0.717) is 25.1 Å². The van der Waals surface area contributed by atoms with Crippen LogP contribution >= 0.6 is 0 Å². The number of nitrogens with zero attached hydrogens (tertiary/aromatic N) is 1. The van der Waals surface area contributed by atoms with E-state index < -0.39 is 23.2 Å². The van der Waals surface area contributed by atoms with Crippen molar-refractivity contribution < 1.29 is 23.1 Å². The van der Waals surface area contributed by atoms with Crippen LogP contribution in [0.1, 0.15) is 31.7 Å². The van der Waals surface area contributed by atoms with Crippen LogP contribution in [-0.4, -0.2) is 23.2 Å². The molecule has 1 aliphatic heterocycles. The Hall–Kier alpha value is -1.72. The van der Waals surface area contributed by atoms with Gasteiger partial charge in [-0.3, -0.25) is 0 Å². The molecule has 1 saturated heterocycles. The summed E-state index contributed by atoms with van der Waals surface area (Å²) in [6.07, 6.45) is -2.72. The molecule has 0 spiro atoms. The van der Waals surface area contributed by atoms with E-state index in [4.69, 9.17) is 0 Å². The molecule has 0 aliphatic carbocycles. The van der Waals surface area contributed by atoms with Crippen molar-refractivity contribution in [1.29, 1.82) is 0 Å². The Morgan fingerprint density at radius 3 is 2.40 bits per heavy atom. The molecule has 1 aliphatic rings. The van der Waals surface area contributed by atoms with Crippen molar-refractivity contribution in [1.82, 2.24) is 0 Å². The number of aliphatic carboxylic acids is 1. The van der Waals surface area contributed by atoms with Crippen LogP contribution in [0.25, 0.3) is 0 Å². The first-order valence-electron chi connectivity index (χ1n) is 6.49. The van der Waals surface area contributed by atoms with E-state index in [1.165, 1.54) is 12.1 Å². The maximum Gasteiger partial charge on any atom is 0.416 e. The van der Waals surface area contributed by atoms with E-state index >= 15 is 0 Å². The highest BCUT2D eigenvalue weighted by Crippen LogP contribution is 2.38. The average molecular weight is 287 g/mol. The monoisotopic (exact) mass is 287 g/mol. The highest BCUT2D eigenvalue weighted by Gasteiger charge is 2.46. The molecule has 1 aromatic carbocycles. The first-order chi connectivity index (χ1) is 9.31. The van der Waals surface area contributed by atoms with Crippen molar-refractivity contribution in [2.45, 2.75) is 37.9 Å². The van der Waals surface area contributed by atoms with Gasteiger partial charge in [-0.25, -0.2) is 4.79 Å². The van der Waals surface area contributed by atoms with Crippen molar-refractivity contribution in [3.8, 4) is 0 Å². The predicted octanol–water partition coefficient (Wildman–Crippen LogP) is 3.54. The van der Waals surface area contributed by atoms with E-state index in [2.05, 4.69) is 0 Å². The number of carboxylic acid groups (broad SMARTS) is 1. The molecule has 2 rings (SSSR count). The third-order valence-electron chi connectivity index (χ3n) is 3.98. The lowest BCUT2D eigenvalue weighted by Gasteiger charge is -2.35. The van der Waals surface area contributed by atoms with Crippen molar-refractivity contribution in [3.05, 3.63) is 29.8 Å². The van der Waals surface area contributed by atoms with Crippen molar-refractivity contribution >= 4 is 11.7 Å². The number of carboxylic acids is 1. The van der Waals surface area contributed by atoms with Gasteiger partial charge in [-0.05, 0) is 43.5 Å². The molecule has 0 bridgehead atoms. The fourth-order valence-electron chi connectivity index (χ4n) is 2.83.